The van der Waals surface area contributed by atoms with Crippen LogP contribution in [0, 0.1) is 17.2 Å². The summed E-state index contributed by atoms with van der Waals surface area (Å²) in [6.45, 7) is 5.49. The van der Waals surface area contributed by atoms with Crippen LogP contribution in [0.3, 0.4) is 0 Å². The van der Waals surface area contributed by atoms with Crippen LogP contribution in [0.5, 0.6) is 0 Å². The van der Waals surface area contributed by atoms with Crippen LogP contribution in [-0.4, -0.2) is 51.7 Å². The highest BCUT2D eigenvalue weighted by Crippen LogP contribution is 2.39. The third kappa shape index (κ3) is 8.09. The summed E-state index contributed by atoms with van der Waals surface area (Å²) >= 11 is 12.8. The van der Waals surface area contributed by atoms with Crippen molar-refractivity contribution in [3.63, 3.8) is 0 Å². The standard InChI is InChI=1S/C31H36Cl2F5N7O2/c1-30(2,3)28(47)40-13-14-10-19(35)23(33)25(22(14)32)44-29-42-21-12-18(24(43-26(21)45-29)20-11-16(34)8-9-39-20)27(46)41-17-6-4-15(5-7-17)31(36,37)38/h10,12,15-17,20,39H,4-9,11,13H2,1-3H3,(H,40,47)(H,41,46)(H2,42,43,44,45). The Morgan fingerprint density at radius 3 is 2.36 bits per heavy atom. The Morgan fingerprint density at radius 1 is 1.02 bits per heavy atom. The number of alkyl halides is 4. The first-order valence-corrected chi connectivity index (χ1v) is 16.1. The Labute approximate surface area is 278 Å². The molecule has 47 heavy (non-hydrogen) atoms. The number of hydrogen-bond acceptors (Lipinski definition) is 6. The van der Waals surface area contributed by atoms with E-state index in [4.69, 9.17) is 23.2 Å². The normalized spacial score (nSPS) is 22.3. The zero-order valence-corrected chi connectivity index (χ0v) is 27.5. The first kappa shape index (κ1) is 35.1. The number of benzene rings is 1. The predicted molar refractivity (Wildman–Crippen MR) is 169 cm³/mol. The van der Waals surface area contributed by atoms with Crippen molar-refractivity contribution in [1.82, 2.24) is 30.9 Å². The molecule has 16 heteroatoms. The van der Waals surface area contributed by atoms with E-state index in [2.05, 4.69) is 36.2 Å². The van der Waals surface area contributed by atoms with Crippen LogP contribution in [-0.2, 0) is 11.3 Å². The second-order valence-corrected chi connectivity index (χ2v) is 13.9. The van der Waals surface area contributed by atoms with Crippen molar-refractivity contribution in [2.75, 3.05) is 11.9 Å². The number of aromatic nitrogens is 3. The van der Waals surface area contributed by atoms with E-state index in [-0.39, 0.29) is 88.7 Å². The Balaban J connectivity index is 1.43. The fraction of sp³-hybridized carbons (Fsp3) is 0.548. The average Bonchev–Trinajstić information content (AvgIpc) is 3.40. The molecule has 1 aliphatic carbocycles. The second kappa shape index (κ2) is 13.7. The zero-order valence-electron chi connectivity index (χ0n) is 26.0. The van der Waals surface area contributed by atoms with E-state index in [9.17, 15) is 31.5 Å². The number of anilines is 2. The number of imidazole rings is 1. The molecule has 2 fully saturated rings. The highest BCUT2D eigenvalue weighted by Gasteiger charge is 2.42. The predicted octanol–water partition coefficient (Wildman–Crippen LogP) is 7.42. The first-order chi connectivity index (χ1) is 22.0. The molecule has 2 aromatic heterocycles. The summed E-state index contributed by atoms with van der Waals surface area (Å²) in [5, 5.41) is 11.3. The lowest BCUT2D eigenvalue weighted by molar-refractivity contribution is -0.182. The van der Waals surface area contributed by atoms with Gasteiger partial charge in [-0.05, 0) is 62.8 Å². The topological polar surface area (TPSA) is 124 Å². The number of nitrogens with zero attached hydrogens (tertiary/aromatic N) is 2. The lowest BCUT2D eigenvalue weighted by atomic mass is 9.85. The van der Waals surface area contributed by atoms with E-state index in [1.54, 1.807) is 20.8 Å². The SMILES string of the molecule is CC(C)(C)C(=O)NCc1cc(F)c(Cl)c(Nc2nc3nc(C4CC(F)CCN4)c(C(=O)NC4CCC(C(F)(F)F)CC4)cc3[nH]2)c1Cl. The molecule has 0 spiro atoms. The molecule has 2 amide bonds. The van der Waals surface area contributed by atoms with Crippen LogP contribution in [0.15, 0.2) is 12.1 Å². The van der Waals surface area contributed by atoms with Crippen molar-refractivity contribution < 1.29 is 31.5 Å². The minimum atomic E-state index is -4.28. The van der Waals surface area contributed by atoms with E-state index in [1.165, 1.54) is 6.07 Å². The number of H-pyrrole nitrogens is 1. The average molecular weight is 705 g/mol. The van der Waals surface area contributed by atoms with Crippen LogP contribution < -0.4 is 21.3 Å². The van der Waals surface area contributed by atoms with Crippen LogP contribution in [0.2, 0.25) is 10.0 Å². The van der Waals surface area contributed by atoms with Crippen molar-refractivity contribution in [3.8, 4) is 0 Å². The van der Waals surface area contributed by atoms with E-state index in [0.29, 0.717) is 18.5 Å². The van der Waals surface area contributed by atoms with E-state index >= 15 is 0 Å². The molecule has 5 N–H and O–H groups in total. The molecule has 256 valence electrons. The Kier molecular flexibility index (Phi) is 10.2. The van der Waals surface area contributed by atoms with Crippen molar-refractivity contribution in [3.05, 3.63) is 44.8 Å². The summed E-state index contributed by atoms with van der Waals surface area (Å²) < 4.78 is 68.8. The third-order valence-corrected chi connectivity index (χ3v) is 9.34. The van der Waals surface area contributed by atoms with Gasteiger partial charge in [-0.1, -0.05) is 44.0 Å². The first-order valence-electron chi connectivity index (χ1n) is 15.4. The van der Waals surface area contributed by atoms with Gasteiger partial charge in [0, 0.05) is 18.0 Å². The number of piperidine rings is 1. The zero-order chi connectivity index (χ0) is 34.3. The summed E-state index contributed by atoms with van der Waals surface area (Å²) in [7, 11) is 0. The number of fused-ring (bicyclic) bond motifs is 1. The molecule has 5 rings (SSSR count). The molecule has 2 unspecified atom stereocenters. The maximum absolute atomic E-state index is 14.9. The fourth-order valence-corrected chi connectivity index (χ4v) is 6.33. The van der Waals surface area contributed by atoms with Crippen LogP contribution in [0.1, 0.15) is 87.0 Å². The number of rotatable bonds is 7. The molecule has 9 nitrogen and oxygen atoms in total. The number of nitrogens with one attached hydrogen (secondary N) is 5. The highest BCUT2D eigenvalue weighted by molar-refractivity contribution is 6.39. The van der Waals surface area contributed by atoms with Gasteiger partial charge in [-0.25, -0.2) is 13.8 Å². The van der Waals surface area contributed by atoms with Gasteiger partial charge in [-0.2, -0.15) is 18.2 Å². The van der Waals surface area contributed by atoms with Crippen molar-refractivity contribution in [1.29, 1.82) is 0 Å². The minimum absolute atomic E-state index is 0.0192. The van der Waals surface area contributed by atoms with Crippen LogP contribution >= 0.6 is 23.2 Å². The quantitative estimate of drug-likeness (QED) is 0.129. The number of amides is 2. The third-order valence-electron chi connectivity index (χ3n) is 8.54. The molecule has 1 aromatic carbocycles. The summed E-state index contributed by atoms with van der Waals surface area (Å²) in [4.78, 5) is 37.9. The fourth-order valence-electron chi connectivity index (χ4n) is 5.82. The van der Waals surface area contributed by atoms with Gasteiger partial charge in [-0.15, -0.1) is 0 Å². The maximum atomic E-state index is 14.9. The molecule has 0 bridgehead atoms. The Morgan fingerprint density at radius 2 is 1.72 bits per heavy atom. The number of pyridine rings is 1. The van der Waals surface area contributed by atoms with Gasteiger partial charge >= 0.3 is 6.18 Å². The lowest BCUT2D eigenvalue weighted by Gasteiger charge is -2.31. The minimum Gasteiger partial charge on any atom is -0.352 e. The van der Waals surface area contributed by atoms with Gasteiger partial charge < -0.3 is 26.3 Å². The number of halogens is 7. The smallest absolute Gasteiger partial charge is 0.352 e. The largest absolute Gasteiger partial charge is 0.391 e. The van der Waals surface area contributed by atoms with Gasteiger partial charge in [0.25, 0.3) is 5.91 Å². The summed E-state index contributed by atoms with van der Waals surface area (Å²) in [6, 6.07) is 1.55. The van der Waals surface area contributed by atoms with E-state index in [1.807, 2.05) is 0 Å². The molecule has 3 heterocycles. The number of hydrogen-bond donors (Lipinski definition) is 5. The van der Waals surface area contributed by atoms with Crippen molar-refractivity contribution in [2.24, 2.45) is 11.3 Å². The Hall–Kier alpha value is -3.23. The van der Waals surface area contributed by atoms with Crippen LogP contribution in [0.25, 0.3) is 11.2 Å². The molecule has 2 atom stereocenters. The summed E-state index contributed by atoms with van der Waals surface area (Å²) in [6.07, 6.45) is -4.86. The summed E-state index contributed by atoms with van der Waals surface area (Å²) in [5.74, 6) is -2.94. The number of aromatic amines is 1. The molecular formula is C31H36Cl2F5N7O2. The highest BCUT2D eigenvalue weighted by atomic mass is 35.5. The molecule has 1 aliphatic heterocycles. The second-order valence-electron chi connectivity index (χ2n) is 13.1. The van der Waals surface area contributed by atoms with Gasteiger partial charge in [0.1, 0.15) is 17.0 Å². The maximum Gasteiger partial charge on any atom is 0.391 e. The van der Waals surface area contributed by atoms with Crippen LogP contribution in [0.4, 0.5) is 33.6 Å². The molecule has 2 aliphatic rings. The van der Waals surface area contributed by atoms with Gasteiger partial charge in [-0.3, -0.25) is 9.59 Å². The Bertz CT molecular complexity index is 1650. The lowest BCUT2D eigenvalue weighted by Crippen LogP contribution is -2.41. The van der Waals surface area contributed by atoms with Crippen molar-refractivity contribution in [2.45, 2.75) is 90.3 Å². The van der Waals surface area contributed by atoms with E-state index in [0.717, 1.165) is 6.07 Å². The van der Waals surface area contributed by atoms with Gasteiger partial charge in [0.15, 0.2) is 5.65 Å². The molecule has 0 radical (unpaired) electrons. The molecule has 3 aromatic rings. The van der Waals surface area contributed by atoms with E-state index < -0.39 is 47.5 Å². The number of carbonyl (C=O) groups excluding carboxylic acids is 2. The molecule has 1 saturated heterocycles. The van der Waals surface area contributed by atoms with Gasteiger partial charge in [0.05, 0.1) is 39.4 Å². The van der Waals surface area contributed by atoms with Gasteiger partial charge in [0.2, 0.25) is 11.9 Å². The summed E-state index contributed by atoms with van der Waals surface area (Å²) in [5.41, 5.74) is 0.393. The monoisotopic (exact) mass is 703 g/mol. The van der Waals surface area contributed by atoms with Crippen molar-refractivity contribution >= 4 is 57.8 Å². The molecule has 1 saturated carbocycles. The molecular weight excluding hydrogens is 668 g/mol. The number of carbonyl (C=O) groups is 2.